The summed E-state index contributed by atoms with van der Waals surface area (Å²) in [5.74, 6) is 0.455. The second-order valence-electron chi connectivity index (χ2n) is 7.80. The number of carbonyl (C=O) groups excluding carboxylic acids is 2. The lowest BCUT2D eigenvalue weighted by Crippen LogP contribution is -2.13. The lowest BCUT2D eigenvalue weighted by atomic mass is 10.0. The van der Waals surface area contributed by atoms with Gasteiger partial charge in [0, 0.05) is 6.42 Å². The molecule has 154 valence electrons. The quantitative estimate of drug-likeness (QED) is 0.379. The standard InChI is InChI=1S/C25H30O4/c1-2-3-8-20-13-16-21(17-14-20)25(27)29-23-12-7-6-11-22(23)28-24(26)18-15-19-9-4-5-10-19/h6-7,11-14,16-17,19H,2-5,8-10,15,18H2,1H3. The highest BCUT2D eigenvalue weighted by atomic mass is 16.6. The average Bonchev–Trinajstić information content (AvgIpc) is 3.26. The van der Waals surface area contributed by atoms with Crippen molar-refractivity contribution in [1.29, 1.82) is 0 Å². The molecule has 1 fully saturated rings. The molecule has 0 aliphatic heterocycles. The number of para-hydroxylation sites is 2. The Bertz CT molecular complexity index is 804. The van der Waals surface area contributed by atoms with E-state index in [-0.39, 0.29) is 17.5 Å². The van der Waals surface area contributed by atoms with Crippen molar-refractivity contribution < 1.29 is 19.1 Å². The Morgan fingerprint density at radius 1 is 0.931 bits per heavy atom. The van der Waals surface area contributed by atoms with Gasteiger partial charge in [-0.3, -0.25) is 4.79 Å². The molecule has 1 saturated carbocycles. The first-order valence-electron chi connectivity index (χ1n) is 10.8. The Hall–Kier alpha value is -2.62. The van der Waals surface area contributed by atoms with Gasteiger partial charge < -0.3 is 9.47 Å². The molecule has 0 atom stereocenters. The highest BCUT2D eigenvalue weighted by Gasteiger charge is 2.18. The molecule has 0 N–H and O–H groups in total. The van der Waals surface area contributed by atoms with Crippen LogP contribution in [-0.2, 0) is 11.2 Å². The number of ether oxygens (including phenoxy) is 2. The number of rotatable bonds is 9. The third-order valence-corrected chi connectivity index (χ3v) is 5.52. The Morgan fingerprint density at radius 2 is 1.59 bits per heavy atom. The third kappa shape index (κ3) is 6.45. The number of unbranched alkanes of at least 4 members (excludes halogenated alkanes) is 1. The Labute approximate surface area is 173 Å². The summed E-state index contributed by atoms with van der Waals surface area (Å²) in [6.07, 6.45) is 9.47. The predicted molar refractivity (Wildman–Crippen MR) is 113 cm³/mol. The van der Waals surface area contributed by atoms with E-state index in [1.54, 1.807) is 36.4 Å². The Morgan fingerprint density at radius 3 is 2.24 bits per heavy atom. The minimum absolute atomic E-state index is 0.266. The molecule has 29 heavy (non-hydrogen) atoms. The van der Waals surface area contributed by atoms with E-state index in [4.69, 9.17) is 9.47 Å². The van der Waals surface area contributed by atoms with Crippen LogP contribution in [0.5, 0.6) is 11.5 Å². The van der Waals surface area contributed by atoms with Crippen molar-refractivity contribution in [2.24, 2.45) is 5.92 Å². The zero-order chi connectivity index (χ0) is 20.5. The number of hydrogen-bond acceptors (Lipinski definition) is 4. The SMILES string of the molecule is CCCCc1ccc(C(=O)Oc2ccccc2OC(=O)CCC2CCCC2)cc1. The van der Waals surface area contributed by atoms with Gasteiger partial charge in [-0.05, 0) is 55.0 Å². The van der Waals surface area contributed by atoms with Crippen LogP contribution in [0.15, 0.2) is 48.5 Å². The molecule has 0 unspecified atom stereocenters. The molecule has 1 aliphatic rings. The number of aryl methyl sites for hydroxylation is 1. The van der Waals surface area contributed by atoms with Crippen LogP contribution in [0.4, 0.5) is 0 Å². The zero-order valence-corrected chi connectivity index (χ0v) is 17.2. The summed E-state index contributed by atoms with van der Waals surface area (Å²) in [5, 5.41) is 0. The van der Waals surface area contributed by atoms with Crippen LogP contribution < -0.4 is 9.47 Å². The maximum absolute atomic E-state index is 12.5. The smallest absolute Gasteiger partial charge is 0.343 e. The van der Waals surface area contributed by atoms with E-state index in [2.05, 4.69) is 6.92 Å². The van der Waals surface area contributed by atoms with E-state index in [9.17, 15) is 9.59 Å². The van der Waals surface area contributed by atoms with E-state index in [0.29, 0.717) is 17.9 Å². The molecule has 0 bridgehead atoms. The van der Waals surface area contributed by atoms with Gasteiger partial charge in [-0.1, -0.05) is 63.3 Å². The van der Waals surface area contributed by atoms with Crippen LogP contribution in [0.25, 0.3) is 0 Å². The van der Waals surface area contributed by atoms with Gasteiger partial charge in [0.05, 0.1) is 5.56 Å². The molecule has 3 rings (SSSR count). The van der Waals surface area contributed by atoms with Crippen LogP contribution in [0.1, 0.15) is 74.2 Å². The van der Waals surface area contributed by atoms with Crippen molar-refractivity contribution in [2.75, 3.05) is 0 Å². The fourth-order valence-corrected chi connectivity index (χ4v) is 3.76. The van der Waals surface area contributed by atoms with Crippen molar-refractivity contribution in [3.63, 3.8) is 0 Å². The lowest BCUT2D eigenvalue weighted by molar-refractivity contribution is -0.134. The third-order valence-electron chi connectivity index (χ3n) is 5.52. The predicted octanol–water partition coefficient (Wildman–Crippen LogP) is 6.12. The van der Waals surface area contributed by atoms with Gasteiger partial charge in [0.1, 0.15) is 0 Å². The molecule has 0 heterocycles. The largest absolute Gasteiger partial charge is 0.423 e. The topological polar surface area (TPSA) is 52.6 Å². The molecule has 2 aromatic carbocycles. The van der Waals surface area contributed by atoms with E-state index in [0.717, 1.165) is 25.7 Å². The molecule has 0 amide bonds. The zero-order valence-electron chi connectivity index (χ0n) is 17.2. The lowest BCUT2D eigenvalue weighted by Gasteiger charge is -2.12. The maximum atomic E-state index is 12.5. The summed E-state index contributed by atoms with van der Waals surface area (Å²) in [7, 11) is 0. The van der Waals surface area contributed by atoms with Crippen molar-refractivity contribution in [3.05, 3.63) is 59.7 Å². The van der Waals surface area contributed by atoms with Crippen LogP contribution in [0, 0.1) is 5.92 Å². The summed E-state index contributed by atoms with van der Waals surface area (Å²) in [4.78, 5) is 24.8. The minimum Gasteiger partial charge on any atom is -0.423 e. The van der Waals surface area contributed by atoms with E-state index in [1.807, 2.05) is 12.1 Å². The van der Waals surface area contributed by atoms with Gasteiger partial charge >= 0.3 is 11.9 Å². The van der Waals surface area contributed by atoms with Crippen molar-refractivity contribution in [1.82, 2.24) is 0 Å². The van der Waals surface area contributed by atoms with Gasteiger partial charge in [0.15, 0.2) is 11.5 Å². The van der Waals surface area contributed by atoms with Crippen molar-refractivity contribution in [3.8, 4) is 11.5 Å². The highest BCUT2D eigenvalue weighted by Crippen LogP contribution is 2.30. The van der Waals surface area contributed by atoms with Crippen molar-refractivity contribution >= 4 is 11.9 Å². The number of benzene rings is 2. The van der Waals surface area contributed by atoms with E-state index >= 15 is 0 Å². The number of esters is 2. The minimum atomic E-state index is -0.457. The fraction of sp³-hybridized carbons (Fsp3) is 0.440. The number of carbonyl (C=O) groups is 2. The number of hydrogen-bond donors (Lipinski definition) is 0. The van der Waals surface area contributed by atoms with Crippen molar-refractivity contribution in [2.45, 2.75) is 64.7 Å². The van der Waals surface area contributed by atoms with Gasteiger partial charge in [0.2, 0.25) is 0 Å². The molecule has 0 radical (unpaired) electrons. The first kappa shape index (κ1) is 21.1. The summed E-state index contributed by atoms with van der Waals surface area (Å²) in [5.41, 5.74) is 1.69. The summed E-state index contributed by atoms with van der Waals surface area (Å²) in [6, 6.07) is 14.3. The second kappa shape index (κ2) is 10.8. The Kier molecular flexibility index (Phi) is 7.85. The molecular weight excluding hydrogens is 364 g/mol. The van der Waals surface area contributed by atoms with Crippen LogP contribution >= 0.6 is 0 Å². The molecule has 0 spiro atoms. The molecule has 1 aliphatic carbocycles. The summed E-state index contributed by atoms with van der Waals surface area (Å²) >= 11 is 0. The van der Waals surface area contributed by atoms with E-state index in [1.165, 1.54) is 31.2 Å². The average molecular weight is 395 g/mol. The maximum Gasteiger partial charge on any atom is 0.343 e. The molecule has 0 saturated heterocycles. The first-order chi connectivity index (χ1) is 14.2. The highest BCUT2D eigenvalue weighted by molar-refractivity contribution is 5.91. The molecule has 4 nitrogen and oxygen atoms in total. The summed E-state index contributed by atoms with van der Waals surface area (Å²) < 4.78 is 11.0. The van der Waals surface area contributed by atoms with Crippen LogP contribution in [-0.4, -0.2) is 11.9 Å². The molecule has 4 heteroatoms. The van der Waals surface area contributed by atoms with Gasteiger partial charge in [-0.25, -0.2) is 4.79 Å². The fourth-order valence-electron chi connectivity index (χ4n) is 3.76. The molecule has 2 aromatic rings. The molecular formula is C25H30O4. The van der Waals surface area contributed by atoms with Crippen LogP contribution in [0.2, 0.25) is 0 Å². The van der Waals surface area contributed by atoms with Gasteiger partial charge in [-0.15, -0.1) is 0 Å². The van der Waals surface area contributed by atoms with Gasteiger partial charge in [-0.2, -0.15) is 0 Å². The molecule has 0 aromatic heterocycles. The Balaban J connectivity index is 1.57. The normalized spacial score (nSPS) is 14.0. The second-order valence-corrected chi connectivity index (χ2v) is 7.80. The summed E-state index contributed by atoms with van der Waals surface area (Å²) in [6.45, 7) is 2.16. The van der Waals surface area contributed by atoms with Gasteiger partial charge in [0.25, 0.3) is 0 Å². The first-order valence-corrected chi connectivity index (χ1v) is 10.8. The monoisotopic (exact) mass is 394 g/mol. The van der Waals surface area contributed by atoms with Crippen LogP contribution in [0.3, 0.4) is 0 Å². The van der Waals surface area contributed by atoms with E-state index < -0.39 is 5.97 Å².